The summed E-state index contributed by atoms with van der Waals surface area (Å²) in [5.41, 5.74) is 7.74. The largest absolute Gasteiger partial charge is 0.396 e. The summed E-state index contributed by atoms with van der Waals surface area (Å²) in [7, 11) is 1.59. The van der Waals surface area contributed by atoms with E-state index < -0.39 is 17.1 Å². The topological polar surface area (TPSA) is 82.1 Å². The average Bonchev–Trinajstić information content (AvgIpc) is 3.18. The van der Waals surface area contributed by atoms with Crippen molar-refractivity contribution in [2.45, 2.75) is 46.2 Å². The van der Waals surface area contributed by atoms with Crippen LogP contribution in [0.1, 0.15) is 38.9 Å². The number of nitrogens with zero attached hydrogens (tertiary/aromatic N) is 4. The summed E-state index contributed by atoms with van der Waals surface area (Å²) in [5.74, 6) is 0.369. The second kappa shape index (κ2) is 9.20. The number of aliphatic hydroxyl groups is 1. The van der Waals surface area contributed by atoms with Gasteiger partial charge >= 0.3 is 5.69 Å². The molecule has 0 unspecified atom stereocenters. The minimum atomic E-state index is -0.509. The molecule has 0 amide bonds. The Labute approximate surface area is 190 Å². The van der Waals surface area contributed by atoms with Gasteiger partial charge in [-0.1, -0.05) is 31.7 Å². The fourth-order valence-corrected chi connectivity index (χ4v) is 4.31. The number of allylic oxidation sites excluding steroid dienone is 8. The number of imidazole rings is 1. The fraction of sp³-hybridized carbons (Fsp3) is 0.400. The second-order valence-corrected chi connectivity index (χ2v) is 8.56. The van der Waals surface area contributed by atoms with Gasteiger partial charge in [-0.25, -0.2) is 9.78 Å². The highest BCUT2D eigenvalue weighted by atomic mass is 19.1. The lowest BCUT2D eigenvalue weighted by molar-refractivity contribution is 0.277. The molecule has 0 saturated heterocycles. The molecule has 0 bridgehead atoms. The first-order valence-corrected chi connectivity index (χ1v) is 11.1. The highest BCUT2D eigenvalue weighted by Gasteiger charge is 2.25. The van der Waals surface area contributed by atoms with Crippen molar-refractivity contribution >= 4 is 16.7 Å². The fourth-order valence-electron chi connectivity index (χ4n) is 4.31. The highest BCUT2D eigenvalue weighted by Crippen LogP contribution is 2.33. The molecule has 8 heteroatoms. The molecular weight excluding hydrogens is 423 g/mol. The molecule has 4 rings (SSSR count). The van der Waals surface area contributed by atoms with E-state index >= 15 is 0 Å². The van der Waals surface area contributed by atoms with Crippen molar-refractivity contribution in [1.82, 2.24) is 18.7 Å². The molecule has 1 N–H and O–H groups in total. The highest BCUT2D eigenvalue weighted by molar-refractivity contribution is 5.79. The number of fused-ring (bicyclic) bond motifs is 1. The molecular formula is C25H27FN4O3. The smallest absolute Gasteiger partial charge is 0.332 e. The van der Waals surface area contributed by atoms with Crippen molar-refractivity contribution in [3.8, 4) is 0 Å². The number of hydrogen-bond acceptors (Lipinski definition) is 4. The molecule has 0 aromatic carbocycles. The first-order valence-electron chi connectivity index (χ1n) is 11.1. The second-order valence-electron chi connectivity index (χ2n) is 8.56. The number of halogens is 1. The van der Waals surface area contributed by atoms with Gasteiger partial charge in [0.05, 0.1) is 6.54 Å². The van der Waals surface area contributed by atoms with Crippen LogP contribution in [0.4, 0.5) is 4.39 Å². The van der Waals surface area contributed by atoms with E-state index in [0.29, 0.717) is 22.6 Å². The van der Waals surface area contributed by atoms with E-state index in [9.17, 15) is 19.1 Å². The van der Waals surface area contributed by atoms with Crippen LogP contribution in [0, 0.1) is 5.92 Å². The van der Waals surface area contributed by atoms with Crippen LogP contribution in [0.2, 0.25) is 0 Å². The van der Waals surface area contributed by atoms with Crippen molar-refractivity contribution in [3.05, 3.63) is 79.4 Å². The van der Waals surface area contributed by atoms with Crippen molar-refractivity contribution in [2.24, 2.45) is 13.0 Å². The van der Waals surface area contributed by atoms with Crippen LogP contribution in [0.3, 0.4) is 0 Å². The lowest BCUT2D eigenvalue weighted by atomic mass is 9.89. The Kier molecular flexibility index (Phi) is 6.34. The standard InChI is InChI=1S/C25H27FN4O3/c1-16(2)19-7-4-5-8-20(19)22-27-23-21(30(22)15-17-9-11-18(26)12-10-17)24(32)29(13-6-14-31)25(33)28(23)3/h4,7,9,11,16,31H,5-6,8,13-15H2,1-3H3. The summed E-state index contributed by atoms with van der Waals surface area (Å²) in [6.45, 7) is 4.43. The average molecular weight is 451 g/mol. The summed E-state index contributed by atoms with van der Waals surface area (Å²) >= 11 is 0. The Hall–Kier alpha value is -3.44. The van der Waals surface area contributed by atoms with Gasteiger partial charge in [0.25, 0.3) is 5.56 Å². The molecule has 0 aliphatic heterocycles. The molecule has 2 aliphatic rings. The van der Waals surface area contributed by atoms with E-state index in [-0.39, 0.29) is 32.0 Å². The van der Waals surface area contributed by atoms with E-state index in [1.807, 2.05) is 0 Å². The van der Waals surface area contributed by atoms with Crippen molar-refractivity contribution in [3.63, 3.8) is 0 Å². The zero-order valence-electron chi connectivity index (χ0n) is 19.1. The van der Waals surface area contributed by atoms with Crippen LogP contribution in [-0.2, 0) is 20.1 Å². The molecule has 0 spiro atoms. The van der Waals surface area contributed by atoms with Gasteiger partial charge in [0.1, 0.15) is 5.82 Å². The molecule has 0 radical (unpaired) electrons. The summed E-state index contributed by atoms with van der Waals surface area (Å²) < 4.78 is 17.8. The number of aryl methyl sites for hydroxylation is 1. The van der Waals surface area contributed by atoms with Crippen LogP contribution in [0.25, 0.3) is 16.7 Å². The van der Waals surface area contributed by atoms with Gasteiger partial charge in [-0.05, 0) is 54.2 Å². The predicted octanol–water partition coefficient (Wildman–Crippen LogP) is 3.14. The van der Waals surface area contributed by atoms with Crippen molar-refractivity contribution < 1.29 is 9.50 Å². The zero-order valence-corrected chi connectivity index (χ0v) is 19.1. The van der Waals surface area contributed by atoms with E-state index in [0.717, 1.165) is 28.6 Å². The maximum atomic E-state index is 13.5. The third-order valence-corrected chi connectivity index (χ3v) is 5.97. The summed E-state index contributed by atoms with van der Waals surface area (Å²) in [6, 6.07) is 0. The molecule has 0 fully saturated rings. The number of hydrogen-bond donors (Lipinski definition) is 1. The molecule has 7 nitrogen and oxygen atoms in total. The lowest BCUT2D eigenvalue weighted by Gasteiger charge is -2.20. The van der Waals surface area contributed by atoms with Gasteiger partial charge in [-0.15, -0.1) is 0 Å². The van der Waals surface area contributed by atoms with Crippen LogP contribution >= 0.6 is 0 Å². The van der Waals surface area contributed by atoms with Crippen LogP contribution in [0.5, 0.6) is 0 Å². The Morgan fingerprint density at radius 1 is 1.18 bits per heavy atom. The molecule has 2 aromatic heterocycles. The maximum Gasteiger partial charge on any atom is 0.332 e. The third-order valence-electron chi connectivity index (χ3n) is 5.97. The Balaban J connectivity index is 2.07. The quantitative estimate of drug-likeness (QED) is 0.657. The van der Waals surface area contributed by atoms with E-state index in [1.165, 1.54) is 10.6 Å². The van der Waals surface area contributed by atoms with Crippen molar-refractivity contribution in [2.75, 3.05) is 6.61 Å². The Bertz CT molecular complexity index is 1430. The van der Waals surface area contributed by atoms with Crippen LogP contribution in [0.15, 0.2) is 62.3 Å². The van der Waals surface area contributed by atoms with Gasteiger partial charge in [0.15, 0.2) is 17.0 Å². The molecule has 0 saturated carbocycles. The molecule has 172 valence electrons. The van der Waals surface area contributed by atoms with E-state index in [4.69, 9.17) is 4.98 Å². The minimum Gasteiger partial charge on any atom is -0.396 e. The van der Waals surface area contributed by atoms with E-state index in [2.05, 4.69) is 37.5 Å². The van der Waals surface area contributed by atoms with Gasteiger partial charge < -0.3 is 9.67 Å². The normalized spacial score (nSPS) is 15.7. The predicted molar refractivity (Wildman–Crippen MR) is 125 cm³/mol. The monoisotopic (exact) mass is 450 g/mol. The third kappa shape index (κ3) is 4.16. The summed E-state index contributed by atoms with van der Waals surface area (Å²) in [6.07, 6.45) is 9.05. The zero-order chi connectivity index (χ0) is 23.7. The summed E-state index contributed by atoms with van der Waals surface area (Å²) in [5, 5.41) is 9.23. The number of rotatable bonds is 7. The van der Waals surface area contributed by atoms with Crippen molar-refractivity contribution in [1.29, 1.82) is 0 Å². The first-order chi connectivity index (χ1) is 15.8. The summed E-state index contributed by atoms with van der Waals surface area (Å²) in [4.78, 5) is 31.2. The van der Waals surface area contributed by atoms with Crippen LogP contribution < -0.4 is 11.2 Å². The Morgan fingerprint density at radius 3 is 2.64 bits per heavy atom. The van der Waals surface area contributed by atoms with Gasteiger partial charge in [0, 0.05) is 25.8 Å². The van der Waals surface area contributed by atoms with Crippen LogP contribution in [-0.4, -0.2) is 30.4 Å². The SMILES string of the molecule is CC(C)C1=C(c2nc3c(c(=O)n(CCCO)c(=O)n3C)n2CC2=C=C=C(F)C=C2)CCC=C1. The Morgan fingerprint density at radius 2 is 1.97 bits per heavy atom. The molecule has 2 aliphatic carbocycles. The van der Waals surface area contributed by atoms with Gasteiger partial charge in [-0.3, -0.25) is 13.9 Å². The molecule has 33 heavy (non-hydrogen) atoms. The molecule has 0 atom stereocenters. The molecule has 2 heterocycles. The maximum absolute atomic E-state index is 13.5. The lowest BCUT2D eigenvalue weighted by Crippen LogP contribution is -2.40. The van der Waals surface area contributed by atoms with Gasteiger partial charge in [-0.2, -0.15) is 4.39 Å². The molecule has 2 aromatic rings. The van der Waals surface area contributed by atoms with Gasteiger partial charge in [0.2, 0.25) is 0 Å². The minimum absolute atomic E-state index is 0.109. The van der Waals surface area contributed by atoms with E-state index in [1.54, 1.807) is 17.7 Å². The number of aliphatic hydroxyl groups excluding tert-OH is 1. The first kappa shape index (κ1) is 22.7. The number of aromatic nitrogens is 4.